The number of rotatable bonds is 3. The third kappa shape index (κ3) is 3.19. The number of aromatic nitrogens is 1. The van der Waals surface area contributed by atoms with Crippen LogP contribution in [-0.2, 0) is 0 Å². The van der Waals surface area contributed by atoms with Crippen molar-refractivity contribution < 1.29 is 9.18 Å². The van der Waals surface area contributed by atoms with Crippen LogP contribution in [0.15, 0.2) is 18.5 Å². The Balaban J connectivity index is 2.02. The van der Waals surface area contributed by atoms with Gasteiger partial charge >= 0.3 is 0 Å². The Labute approximate surface area is 111 Å². The molecule has 1 aliphatic carbocycles. The third-order valence-electron chi connectivity index (χ3n) is 3.39. The van der Waals surface area contributed by atoms with E-state index in [2.05, 4.69) is 10.3 Å². The molecule has 1 amide bonds. The SMILES string of the molecule is O=C(NC1CCCCC1CCl)c1cncc(F)c1. The van der Waals surface area contributed by atoms with Crippen molar-refractivity contribution in [2.24, 2.45) is 5.92 Å². The fourth-order valence-electron chi connectivity index (χ4n) is 2.37. The van der Waals surface area contributed by atoms with E-state index in [4.69, 9.17) is 11.6 Å². The highest BCUT2D eigenvalue weighted by atomic mass is 35.5. The Morgan fingerprint density at radius 2 is 2.22 bits per heavy atom. The van der Waals surface area contributed by atoms with E-state index in [1.165, 1.54) is 12.3 Å². The first-order valence-corrected chi connectivity index (χ1v) is 6.71. The van der Waals surface area contributed by atoms with Gasteiger partial charge in [-0.2, -0.15) is 0 Å². The predicted octanol–water partition coefficient (Wildman–Crippen LogP) is 2.75. The van der Waals surface area contributed by atoms with Gasteiger partial charge in [-0.25, -0.2) is 4.39 Å². The minimum Gasteiger partial charge on any atom is -0.349 e. The molecule has 1 fully saturated rings. The fourth-order valence-corrected chi connectivity index (χ4v) is 2.74. The number of amides is 1. The number of hydrogen-bond acceptors (Lipinski definition) is 2. The summed E-state index contributed by atoms with van der Waals surface area (Å²) < 4.78 is 13.0. The van der Waals surface area contributed by atoms with Gasteiger partial charge in [0, 0.05) is 18.1 Å². The zero-order valence-electron chi connectivity index (χ0n) is 10.0. The van der Waals surface area contributed by atoms with Crippen LogP contribution in [0.2, 0.25) is 0 Å². The molecule has 0 spiro atoms. The highest BCUT2D eigenvalue weighted by molar-refractivity contribution is 6.18. The summed E-state index contributed by atoms with van der Waals surface area (Å²) in [5.41, 5.74) is 0.258. The average molecular weight is 271 g/mol. The summed E-state index contributed by atoms with van der Waals surface area (Å²) in [5, 5.41) is 2.93. The number of pyridine rings is 1. The highest BCUT2D eigenvalue weighted by Crippen LogP contribution is 2.25. The van der Waals surface area contributed by atoms with Gasteiger partial charge in [-0.3, -0.25) is 9.78 Å². The molecule has 0 aromatic carbocycles. The number of nitrogens with zero attached hydrogens (tertiary/aromatic N) is 1. The molecule has 0 saturated heterocycles. The van der Waals surface area contributed by atoms with Gasteiger partial charge in [0.25, 0.3) is 5.91 Å². The molecule has 1 aliphatic rings. The summed E-state index contributed by atoms with van der Waals surface area (Å²) in [4.78, 5) is 15.6. The Bertz CT molecular complexity index is 427. The van der Waals surface area contributed by atoms with Crippen LogP contribution in [0.25, 0.3) is 0 Å². The number of carbonyl (C=O) groups is 1. The molecule has 18 heavy (non-hydrogen) atoms. The van der Waals surface area contributed by atoms with Gasteiger partial charge in [-0.15, -0.1) is 11.6 Å². The van der Waals surface area contributed by atoms with Crippen molar-refractivity contribution in [2.45, 2.75) is 31.7 Å². The van der Waals surface area contributed by atoms with Crippen molar-refractivity contribution in [1.82, 2.24) is 10.3 Å². The van der Waals surface area contributed by atoms with E-state index in [0.29, 0.717) is 11.8 Å². The molecule has 1 N–H and O–H groups in total. The van der Waals surface area contributed by atoms with Crippen LogP contribution >= 0.6 is 11.6 Å². The van der Waals surface area contributed by atoms with E-state index in [1.807, 2.05) is 0 Å². The molecule has 5 heteroatoms. The number of alkyl halides is 1. The van der Waals surface area contributed by atoms with Crippen LogP contribution in [0.4, 0.5) is 4.39 Å². The molecular formula is C13H16ClFN2O. The van der Waals surface area contributed by atoms with Crippen molar-refractivity contribution in [3.63, 3.8) is 0 Å². The fraction of sp³-hybridized carbons (Fsp3) is 0.538. The molecule has 2 atom stereocenters. The van der Waals surface area contributed by atoms with E-state index in [1.54, 1.807) is 0 Å². The summed E-state index contributed by atoms with van der Waals surface area (Å²) in [6.45, 7) is 0. The van der Waals surface area contributed by atoms with E-state index < -0.39 is 5.82 Å². The minimum atomic E-state index is -0.500. The van der Waals surface area contributed by atoms with Gasteiger partial charge in [0.05, 0.1) is 11.8 Å². The topological polar surface area (TPSA) is 42.0 Å². The lowest BCUT2D eigenvalue weighted by molar-refractivity contribution is 0.0910. The van der Waals surface area contributed by atoms with Crippen molar-refractivity contribution in [1.29, 1.82) is 0 Å². The van der Waals surface area contributed by atoms with Gasteiger partial charge < -0.3 is 5.32 Å². The van der Waals surface area contributed by atoms with Gasteiger partial charge in [0.15, 0.2) is 0 Å². The van der Waals surface area contributed by atoms with Crippen LogP contribution in [-0.4, -0.2) is 22.8 Å². The van der Waals surface area contributed by atoms with Crippen molar-refractivity contribution in [2.75, 3.05) is 5.88 Å². The minimum absolute atomic E-state index is 0.0898. The predicted molar refractivity (Wildman–Crippen MR) is 68.1 cm³/mol. The van der Waals surface area contributed by atoms with Crippen LogP contribution in [0.3, 0.4) is 0 Å². The molecule has 1 aromatic rings. The summed E-state index contributed by atoms with van der Waals surface area (Å²) >= 11 is 5.91. The lowest BCUT2D eigenvalue weighted by Crippen LogP contribution is -2.42. The molecule has 3 nitrogen and oxygen atoms in total. The number of hydrogen-bond donors (Lipinski definition) is 1. The standard InChI is InChI=1S/C13H16ClFN2O/c14-6-9-3-1-2-4-12(9)17-13(18)10-5-11(15)8-16-7-10/h5,7-9,12H,1-4,6H2,(H,17,18). The number of halogens is 2. The second kappa shape index (κ2) is 6.14. The Kier molecular flexibility index (Phi) is 4.53. The summed E-state index contributed by atoms with van der Waals surface area (Å²) in [6.07, 6.45) is 6.68. The Morgan fingerprint density at radius 3 is 2.94 bits per heavy atom. The van der Waals surface area contributed by atoms with Crippen LogP contribution in [0, 0.1) is 11.7 Å². The first-order valence-electron chi connectivity index (χ1n) is 6.18. The van der Waals surface area contributed by atoms with E-state index >= 15 is 0 Å². The van der Waals surface area contributed by atoms with Gasteiger partial charge in [-0.05, 0) is 24.8 Å². The number of carbonyl (C=O) groups excluding carboxylic acids is 1. The van der Waals surface area contributed by atoms with Crippen molar-refractivity contribution in [3.8, 4) is 0 Å². The van der Waals surface area contributed by atoms with Gasteiger partial charge in [0.2, 0.25) is 0 Å². The van der Waals surface area contributed by atoms with Gasteiger partial charge in [-0.1, -0.05) is 12.8 Å². The second-order valence-corrected chi connectivity index (χ2v) is 4.98. The normalized spacial score (nSPS) is 23.7. The van der Waals surface area contributed by atoms with Gasteiger partial charge in [0.1, 0.15) is 5.82 Å². The smallest absolute Gasteiger partial charge is 0.253 e. The average Bonchev–Trinajstić information content (AvgIpc) is 2.39. The molecule has 2 rings (SSSR count). The maximum Gasteiger partial charge on any atom is 0.253 e. The maximum atomic E-state index is 13.0. The Morgan fingerprint density at radius 1 is 1.44 bits per heavy atom. The lowest BCUT2D eigenvalue weighted by Gasteiger charge is -2.30. The lowest BCUT2D eigenvalue weighted by atomic mass is 9.85. The maximum absolute atomic E-state index is 13.0. The molecule has 2 unspecified atom stereocenters. The van der Waals surface area contributed by atoms with Crippen molar-refractivity contribution in [3.05, 3.63) is 29.8 Å². The third-order valence-corrected chi connectivity index (χ3v) is 3.79. The first-order chi connectivity index (χ1) is 8.70. The van der Waals surface area contributed by atoms with E-state index in [9.17, 15) is 9.18 Å². The zero-order chi connectivity index (χ0) is 13.0. The Hall–Kier alpha value is -1.16. The van der Waals surface area contributed by atoms with Crippen LogP contribution in [0.1, 0.15) is 36.0 Å². The van der Waals surface area contributed by atoms with Crippen LogP contribution in [0.5, 0.6) is 0 Å². The molecular weight excluding hydrogens is 255 g/mol. The summed E-state index contributed by atoms with van der Waals surface area (Å²) in [5.74, 6) is 0.0851. The molecule has 98 valence electrons. The van der Waals surface area contributed by atoms with E-state index in [-0.39, 0.29) is 17.5 Å². The molecule has 1 heterocycles. The summed E-state index contributed by atoms with van der Waals surface area (Å²) in [6, 6.07) is 1.29. The zero-order valence-corrected chi connectivity index (χ0v) is 10.8. The van der Waals surface area contributed by atoms with Crippen LogP contribution < -0.4 is 5.32 Å². The highest BCUT2D eigenvalue weighted by Gasteiger charge is 2.26. The largest absolute Gasteiger partial charge is 0.349 e. The number of nitrogens with one attached hydrogen (secondary N) is 1. The van der Waals surface area contributed by atoms with Crippen molar-refractivity contribution >= 4 is 17.5 Å². The quantitative estimate of drug-likeness (QED) is 0.858. The van der Waals surface area contributed by atoms with E-state index in [0.717, 1.165) is 31.9 Å². The monoisotopic (exact) mass is 270 g/mol. The molecule has 0 radical (unpaired) electrons. The molecule has 0 aliphatic heterocycles. The summed E-state index contributed by atoms with van der Waals surface area (Å²) in [7, 11) is 0. The molecule has 1 saturated carbocycles. The molecule has 1 aromatic heterocycles. The molecule has 0 bridgehead atoms. The second-order valence-electron chi connectivity index (χ2n) is 4.67. The first kappa shape index (κ1) is 13.3.